The van der Waals surface area contributed by atoms with Gasteiger partial charge < -0.3 is 40.2 Å². The Morgan fingerprint density at radius 3 is 1.56 bits per heavy atom. The van der Waals surface area contributed by atoms with E-state index in [0.29, 0.717) is 53.5 Å². The quantitative estimate of drug-likeness (QED) is 0.151. The Labute approximate surface area is 262 Å². The number of aliphatic hydroxyl groups excluding tert-OH is 6. The molecule has 3 aliphatic carbocycles. The van der Waals surface area contributed by atoms with Crippen LogP contribution >= 0.6 is 0 Å². The highest BCUT2D eigenvalue weighted by atomic mass is 16.3. The summed E-state index contributed by atoms with van der Waals surface area (Å²) in [5.74, 6) is -1.09. The Balaban J connectivity index is 0.000000347. The largest absolute Gasteiger partial charge is 0.523 e. The number of hydrogen-bond acceptors (Lipinski definition) is 9. The van der Waals surface area contributed by atoms with E-state index in [1.807, 2.05) is 0 Å². The second-order valence-electron chi connectivity index (χ2n) is 10.5. The lowest BCUT2D eigenvalue weighted by Gasteiger charge is -2.19. The monoisotopic (exact) mass is 621 g/mol. The molecule has 0 aromatic carbocycles. The third-order valence-electron chi connectivity index (χ3n) is 7.35. The van der Waals surface area contributed by atoms with Crippen LogP contribution < -0.4 is 0 Å². The molecule has 0 saturated heterocycles. The number of rotatable bonds is 9. The van der Waals surface area contributed by atoms with Crippen molar-refractivity contribution in [3.8, 4) is 0 Å². The van der Waals surface area contributed by atoms with E-state index >= 15 is 0 Å². The Kier molecular flexibility index (Phi) is 15.9. The van der Waals surface area contributed by atoms with Crippen LogP contribution in [0.15, 0.2) is 68.3 Å². The van der Waals surface area contributed by atoms with E-state index in [1.54, 1.807) is 20.8 Å². The van der Waals surface area contributed by atoms with Gasteiger partial charge >= 0.3 is 0 Å². The minimum atomic E-state index is -0.357. The third kappa shape index (κ3) is 10.7. The maximum absolute atomic E-state index is 11.5. The fourth-order valence-corrected chi connectivity index (χ4v) is 4.77. The molecular formula is C33H39N3O9. The van der Waals surface area contributed by atoms with Gasteiger partial charge in [-0.25, -0.2) is 14.5 Å². The highest BCUT2D eigenvalue weighted by Crippen LogP contribution is 2.32. The van der Waals surface area contributed by atoms with Crippen molar-refractivity contribution in [1.82, 2.24) is 0 Å². The summed E-state index contributed by atoms with van der Waals surface area (Å²) in [7, 11) is 0. The summed E-state index contributed by atoms with van der Waals surface area (Å²) in [6.07, 6.45) is 4.10. The molecule has 0 aromatic heterocycles. The van der Waals surface area contributed by atoms with Crippen LogP contribution in [0.1, 0.15) is 72.1 Å². The molecule has 0 spiro atoms. The van der Waals surface area contributed by atoms with Gasteiger partial charge in [-0.1, -0.05) is 0 Å². The van der Waals surface area contributed by atoms with Crippen LogP contribution in [0.25, 0.3) is 14.5 Å². The highest BCUT2D eigenvalue weighted by molar-refractivity contribution is 6.01. The number of nitrogens with zero attached hydrogens (tertiary/aromatic N) is 3. The molecule has 0 atom stereocenters. The van der Waals surface area contributed by atoms with Crippen LogP contribution in [-0.2, 0) is 14.4 Å². The van der Waals surface area contributed by atoms with Crippen molar-refractivity contribution in [2.45, 2.75) is 72.1 Å². The number of aliphatic hydroxyl groups is 6. The number of carbonyl (C=O) groups excluding carboxylic acids is 3. The number of hydrogen-bond donors (Lipinski definition) is 6. The Bertz CT molecular complexity index is 1500. The van der Waals surface area contributed by atoms with Crippen molar-refractivity contribution in [2.75, 3.05) is 19.8 Å². The van der Waals surface area contributed by atoms with Crippen LogP contribution in [0.2, 0.25) is 0 Å². The first kappa shape index (κ1) is 38.2. The van der Waals surface area contributed by atoms with E-state index in [1.165, 1.54) is 6.08 Å². The molecule has 0 fully saturated rings. The molecule has 45 heavy (non-hydrogen) atoms. The first-order valence-electron chi connectivity index (χ1n) is 14.2. The third-order valence-corrected chi connectivity index (χ3v) is 7.35. The zero-order valence-electron chi connectivity index (χ0n) is 25.7. The molecule has 0 heterocycles. The van der Waals surface area contributed by atoms with Crippen molar-refractivity contribution in [1.29, 1.82) is 0 Å². The van der Waals surface area contributed by atoms with Gasteiger partial charge in [0.2, 0.25) is 17.1 Å². The van der Waals surface area contributed by atoms with Gasteiger partial charge in [0.15, 0.2) is 17.3 Å². The average molecular weight is 622 g/mol. The topological polar surface area (TPSA) is 186 Å². The van der Waals surface area contributed by atoms with Crippen molar-refractivity contribution in [2.24, 2.45) is 5.92 Å². The molecule has 12 nitrogen and oxygen atoms in total. The van der Waals surface area contributed by atoms with Crippen LogP contribution in [0.3, 0.4) is 0 Å². The predicted molar refractivity (Wildman–Crippen MR) is 165 cm³/mol. The zero-order chi connectivity index (χ0) is 34.3. The lowest BCUT2D eigenvalue weighted by Crippen LogP contribution is -2.15. The van der Waals surface area contributed by atoms with E-state index in [9.17, 15) is 24.6 Å². The minimum Gasteiger partial charge on any atom is -0.523 e. The standard InChI is InChI=1S/C13H17NO4.C12H15NO3.C8H7NO2/c1-8-10(4-3-9(6-15)7-16)11(17)5-12(18)13(8)14-2;1-8-9(5-3-4-6-14)10(15)7-11(16)12(8)13-2;1-5-3-6(10)4-7(11)8(5)9-2/h9,15-17H,3-7H2,1H3;14-15H,3-7H2,1H3;3,11H,4H2,1H3. The van der Waals surface area contributed by atoms with Gasteiger partial charge in [-0.05, 0) is 86.8 Å². The van der Waals surface area contributed by atoms with Crippen LogP contribution in [0.5, 0.6) is 0 Å². The molecule has 12 heteroatoms. The number of Topliss-reactive ketones (excluding diaryl/α,β-unsaturated/α-hetero) is 2. The Hall–Kier alpha value is -4.80. The normalized spacial score (nSPS) is 16.9. The minimum absolute atomic E-state index is 0.000436. The molecule has 0 aliphatic heterocycles. The SMILES string of the molecule is [C-]#[N+]C1=C(C)C(CCC(CO)CO)=C(O)CC1=O.[C-]#[N+]C1=C(C)C(CCCCO)=C(O)CC1=O.[C-]#[N+]C1=C(O)CC(=O)C=C1C. The van der Waals surface area contributed by atoms with Crippen molar-refractivity contribution in [3.05, 3.63) is 103 Å². The highest BCUT2D eigenvalue weighted by Gasteiger charge is 2.26. The molecule has 0 saturated carbocycles. The molecule has 0 bridgehead atoms. The summed E-state index contributed by atoms with van der Waals surface area (Å²) in [5.41, 5.74) is 3.35. The van der Waals surface area contributed by atoms with E-state index in [2.05, 4.69) is 14.5 Å². The molecule has 0 amide bonds. The summed E-state index contributed by atoms with van der Waals surface area (Å²) in [5, 5.41) is 55.2. The summed E-state index contributed by atoms with van der Waals surface area (Å²) < 4.78 is 0. The first-order chi connectivity index (χ1) is 21.3. The number of unbranched alkanes of at least 4 members (excludes halogenated alkanes) is 1. The second kappa shape index (κ2) is 18.8. The van der Waals surface area contributed by atoms with Gasteiger partial charge in [-0.15, -0.1) is 0 Å². The maximum atomic E-state index is 11.5. The van der Waals surface area contributed by atoms with Gasteiger partial charge in [0, 0.05) is 25.7 Å². The molecule has 3 aliphatic rings. The average Bonchev–Trinajstić information content (AvgIpc) is 2.97. The van der Waals surface area contributed by atoms with Crippen molar-refractivity contribution >= 4 is 17.3 Å². The predicted octanol–water partition coefficient (Wildman–Crippen LogP) is 5.07. The van der Waals surface area contributed by atoms with Crippen LogP contribution in [-0.4, -0.2) is 67.8 Å². The molecule has 0 unspecified atom stereocenters. The molecule has 3 rings (SSSR count). The van der Waals surface area contributed by atoms with Gasteiger partial charge in [0.05, 0.1) is 39.0 Å². The fourth-order valence-electron chi connectivity index (χ4n) is 4.77. The summed E-state index contributed by atoms with van der Waals surface area (Å²) in [6.45, 7) is 25.4. The fraction of sp³-hybridized carbons (Fsp3) is 0.455. The lowest BCUT2D eigenvalue weighted by molar-refractivity contribution is -0.116. The molecule has 6 N–H and O–H groups in total. The van der Waals surface area contributed by atoms with E-state index in [0.717, 1.165) is 6.42 Å². The second-order valence-corrected chi connectivity index (χ2v) is 10.5. The van der Waals surface area contributed by atoms with E-state index < -0.39 is 0 Å². The first-order valence-corrected chi connectivity index (χ1v) is 14.2. The van der Waals surface area contributed by atoms with Crippen LogP contribution in [0.4, 0.5) is 0 Å². The van der Waals surface area contributed by atoms with Crippen LogP contribution in [0, 0.1) is 25.6 Å². The van der Waals surface area contributed by atoms with E-state index in [-0.39, 0.29) is 96.7 Å². The molecular weight excluding hydrogens is 582 g/mol. The van der Waals surface area contributed by atoms with Gasteiger partial charge in [-0.3, -0.25) is 4.79 Å². The Morgan fingerprint density at radius 1 is 0.689 bits per heavy atom. The van der Waals surface area contributed by atoms with Gasteiger partial charge in [0.25, 0.3) is 0 Å². The maximum Gasteiger partial charge on any atom is 0.232 e. The lowest BCUT2D eigenvalue weighted by atomic mass is 9.89. The smallest absolute Gasteiger partial charge is 0.232 e. The summed E-state index contributed by atoms with van der Waals surface area (Å²) >= 11 is 0. The number of carbonyl (C=O) groups is 3. The van der Waals surface area contributed by atoms with Gasteiger partial charge in [0.1, 0.15) is 17.3 Å². The molecule has 0 radical (unpaired) electrons. The summed E-state index contributed by atoms with van der Waals surface area (Å²) in [6, 6.07) is 0. The van der Waals surface area contributed by atoms with Crippen molar-refractivity contribution in [3.63, 3.8) is 0 Å². The molecule has 0 aromatic rings. The van der Waals surface area contributed by atoms with Gasteiger partial charge in [-0.2, -0.15) is 0 Å². The number of allylic oxidation sites excluding steroid dienone is 11. The Morgan fingerprint density at radius 2 is 1.16 bits per heavy atom. The van der Waals surface area contributed by atoms with E-state index in [4.69, 9.17) is 40.1 Å². The summed E-state index contributed by atoms with van der Waals surface area (Å²) in [4.78, 5) is 43.2. The zero-order valence-corrected chi connectivity index (χ0v) is 25.7. The number of ketones is 3. The van der Waals surface area contributed by atoms with Crippen molar-refractivity contribution < 1.29 is 45.0 Å². The molecule has 240 valence electrons.